The molecule has 1 aliphatic heterocycles. The largest absolute Gasteiger partial charge is 0.379 e. The van der Waals surface area contributed by atoms with E-state index in [9.17, 15) is 4.79 Å². The van der Waals surface area contributed by atoms with Crippen molar-refractivity contribution in [3.05, 3.63) is 11.6 Å². The molecule has 1 rings (SSSR count). The highest BCUT2D eigenvalue weighted by molar-refractivity contribution is 5.88. The van der Waals surface area contributed by atoms with Crippen LogP contribution in [-0.4, -0.2) is 37.1 Å². The minimum absolute atomic E-state index is 0.115. The van der Waals surface area contributed by atoms with Crippen LogP contribution in [0.1, 0.15) is 27.2 Å². The second-order valence-electron chi connectivity index (χ2n) is 4.55. The number of hydrogen-bond acceptors (Lipinski definition) is 2. The first-order valence-corrected chi connectivity index (χ1v) is 5.51. The fourth-order valence-corrected chi connectivity index (χ4v) is 1.88. The third-order valence-corrected chi connectivity index (χ3v) is 2.92. The lowest BCUT2D eigenvalue weighted by Gasteiger charge is -2.35. The molecule has 1 heterocycles. The first kappa shape index (κ1) is 12.2. The van der Waals surface area contributed by atoms with Gasteiger partial charge >= 0.3 is 0 Å². The van der Waals surface area contributed by atoms with Crippen molar-refractivity contribution in [2.24, 2.45) is 5.92 Å². The minimum Gasteiger partial charge on any atom is -0.379 e. The summed E-state index contributed by atoms with van der Waals surface area (Å²) in [6.07, 6.45) is 2.91. The van der Waals surface area contributed by atoms with Crippen LogP contribution in [0, 0.1) is 5.92 Å². The molecule has 0 aromatic carbocycles. The van der Waals surface area contributed by atoms with Gasteiger partial charge < -0.3 is 9.64 Å². The molecule has 1 aliphatic rings. The summed E-state index contributed by atoms with van der Waals surface area (Å²) < 4.78 is 5.37. The smallest absolute Gasteiger partial charge is 0.246 e. The maximum Gasteiger partial charge on any atom is 0.246 e. The van der Waals surface area contributed by atoms with E-state index >= 15 is 0 Å². The normalized spacial score (nSPS) is 26.3. The number of piperidine rings is 1. The average molecular weight is 211 g/mol. The number of allylic oxidation sites excluding steroid dienone is 1. The first-order valence-electron chi connectivity index (χ1n) is 5.51. The molecule has 3 nitrogen and oxygen atoms in total. The van der Waals surface area contributed by atoms with Gasteiger partial charge in [0.15, 0.2) is 0 Å². The maximum absolute atomic E-state index is 11.8. The Balaban J connectivity index is 2.58. The van der Waals surface area contributed by atoms with Gasteiger partial charge in [-0.15, -0.1) is 0 Å². The van der Waals surface area contributed by atoms with Crippen molar-refractivity contribution in [3.8, 4) is 0 Å². The van der Waals surface area contributed by atoms with E-state index in [1.165, 1.54) is 0 Å². The number of amides is 1. The molecular weight excluding hydrogens is 190 g/mol. The van der Waals surface area contributed by atoms with Gasteiger partial charge in [-0.2, -0.15) is 0 Å². The Morgan fingerprint density at radius 2 is 2.13 bits per heavy atom. The molecule has 2 atom stereocenters. The quantitative estimate of drug-likeness (QED) is 0.652. The van der Waals surface area contributed by atoms with Gasteiger partial charge in [-0.25, -0.2) is 0 Å². The van der Waals surface area contributed by atoms with E-state index in [1.54, 1.807) is 13.2 Å². The predicted octanol–water partition coefficient (Wildman–Crippen LogP) is 1.84. The molecule has 2 unspecified atom stereocenters. The van der Waals surface area contributed by atoms with Crippen LogP contribution in [0.2, 0.25) is 0 Å². The number of nitrogens with zero attached hydrogens (tertiary/aromatic N) is 1. The van der Waals surface area contributed by atoms with Crippen molar-refractivity contribution in [1.82, 2.24) is 4.90 Å². The molecule has 0 aromatic heterocycles. The molecule has 1 saturated heterocycles. The molecule has 0 N–H and O–H groups in total. The molecule has 1 fully saturated rings. The second-order valence-corrected chi connectivity index (χ2v) is 4.55. The van der Waals surface area contributed by atoms with Crippen LogP contribution < -0.4 is 0 Å². The molecule has 0 radical (unpaired) electrons. The van der Waals surface area contributed by atoms with Gasteiger partial charge in [-0.1, -0.05) is 12.5 Å². The van der Waals surface area contributed by atoms with Crippen molar-refractivity contribution in [1.29, 1.82) is 0 Å². The van der Waals surface area contributed by atoms with Gasteiger partial charge in [-0.05, 0) is 26.2 Å². The first-order chi connectivity index (χ1) is 7.04. The highest BCUT2D eigenvalue weighted by atomic mass is 16.5. The molecule has 0 saturated carbocycles. The summed E-state index contributed by atoms with van der Waals surface area (Å²) in [5, 5.41) is 0. The fourth-order valence-electron chi connectivity index (χ4n) is 1.88. The lowest BCUT2D eigenvalue weighted by atomic mass is 9.96. The van der Waals surface area contributed by atoms with Crippen LogP contribution in [0.3, 0.4) is 0 Å². The van der Waals surface area contributed by atoms with Gasteiger partial charge in [0.05, 0.1) is 6.10 Å². The Morgan fingerprint density at radius 1 is 1.47 bits per heavy atom. The Morgan fingerprint density at radius 3 is 2.67 bits per heavy atom. The molecule has 0 bridgehead atoms. The summed E-state index contributed by atoms with van der Waals surface area (Å²) in [6, 6.07) is 0. The number of carbonyl (C=O) groups excluding carboxylic acids is 1. The van der Waals surface area contributed by atoms with Gasteiger partial charge in [0.2, 0.25) is 5.91 Å². The van der Waals surface area contributed by atoms with Crippen molar-refractivity contribution >= 4 is 5.91 Å². The lowest BCUT2D eigenvalue weighted by Crippen LogP contribution is -2.46. The summed E-state index contributed by atoms with van der Waals surface area (Å²) in [4.78, 5) is 13.6. The Kier molecular flexibility index (Phi) is 4.33. The minimum atomic E-state index is 0.115. The highest BCUT2D eigenvalue weighted by Crippen LogP contribution is 2.19. The van der Waals surface area contributed by atoms with E-state index < -0.39 is 0 Å². The Bertz CT molecular complexity index is 256. The van der Waals surface area contributed by atoms with Gasteiger partial charge in [0, 0.05) is 26.3 Å². The molecule has 15 heavy (non-hydrogen) atoms. The zero-order chi connectivity index (χ0) is 11.4. The van der Waals surface area contributed by atoms with Crippen molar-refractivity contribution < 1.29 is 9.53 Å². The zero-order valence-corrected chi connectivity index (χ0v) is 10.1. The number of hydrogen-bond donors (Lipinski definition) is 0. The van der Waals surface area contributed by atoms with E-state index in [1.807, 2.05) is 18.7 Å². The van der Waals surface area contributed by atoms with E-state index in [2.05, 4.69) is 6.92 Å². The molecular formula is C12H21NO2. The van der Waals surface area contributed by atoms with Crippen LogP contribution in [0.25, 0.3) is 0 Å². The van der Waals surface area contributed by atoms with Gasteiger partial charge in [-0.3, -0.25) is 4.79 Å². The summed E-state index contributed by atoms with van der Waals surface area (Å²) in [5.41, 5.74) is 1.05. The predicted molar refractivity (Wildman–Crippen MR) is 60.6 cm³/mol. The van der Waals surface area contributed by atoms with Crippen LogP contribution >= 0.6 is 0 Å². The maximum atomic E-state index is 11.8. The molecule has 3 heteroatoms. The molecule has 0 aromatic rings. The lowest BCUT2D eigenvalue weighted by molar-refractivity contribution is -0.131. The van der Waals surface area contributed by atoms with Gasteiger partial charge in [0.1, 0.15) is 0 Å². The third kappa shape index (κ3) is 3.34. The van der Waals surface area contributed by atoms with Crippen LogP contribution in [0.4, 0.5) is 0 Å². The van der Waals surface area contributed by atoms with Crippen molar-refractivity contribution in [2.75, 3.05) is 20.2 Å². The van der Waals surface area contributed by atoms with Crippen LogP contribution in [0.5, 0.6) is 0 Å². The van der Waals surface area contributed by atoms with E-state index in [0.717, 1.165) is 25.1 Å². The summed E-state index contributed by atoms with van der Waals surface area (Å²) in [5.74, 6) is 0.662. The van der Waals surface area contributed by atoms with E-state index in [-0.39, 0.29) is 12.0 Å². The fraction of sp³-hybridized carbons (Fsp3) is 0.750. The standard InChI is InChI=1S/C12H21NO2/c1-9(2)7-12(14)13-6-5-10(3)11(8-13)15-4/h7,10-11H,5-6,8H2,1-4H3. The van der Waals surface area contributed by atoms with Gasteiger partial charge in [0.25, 0.3) is 0 Å². The summed E-state index contributed by atoms with van der Waals surface area (Å²) in [7, 11) is 1.72. The van der Waals surface area contributed by atoms with E-state index in [4.69, 9.17) is 4.74 Å². The number of likely N-dealkylation sites (tertiary alicyclic amines) is 1. The molecule has 0 aliphatic carbocycles. The SMILES string of the molecule is COC1CN(C(=O)C=C(C)C)CCC1C. The van der Waals surface area contributed by atoms with Crippen molar-refractivity contribution in [3.63, 3.8) is 0 Å². The van der Waals surface area contributed by atoms with Crippen LogP contribution in [-0.2, 0) is 9.53 Å². The summed E-state index contributed by atoms with van der Waals surface area (Å²) in [6.45, 7) is 7.64. The van der Waals surface area contributed by atoms with E-state index in [0.29, 0.717) is 5.92 Å². The molecule has 0 spiro atoms. The Hall–Kier alpha value is -0.830. The average Bonchev–Trinajstić information content (AvgIpc) is 2.17. The topological polar surface area (TPSA) is 29.5 Å². The molecule has 86 valence electrons. The van der Waals surface area contributed by atoms with Crippen molar-refractivity contribution in [2.45, 2.75) is 33.3 Å². The zero-order valence-electron chi connectivity index (χ0n) is 10.1. The molecule has 1 amide bonds. The van der Waals surface area contributed by atoms with Crippen LogP contribution in [0.15, 0.2) is 11.6 Å². The number of ether oxygens (including phenoxy) is 1. The number of methoxy groups -OCH3 is 1. The number of carbonyl (C=O) groups is 1. The second kappa shape index (κ2) is 5.31. The Labute approximate surface area is 92.1 Å². The monoisotopic (exact) mass is 211 g/mol. The third-order valence-electron chi connectivity index (χ3n) is 2.92. The number of rotatable bonds is 2. The highest BCUT2D eigenvalue weighted by Gasteiger charge is 2.27. The summed E-state index contributed by atoms with van der Waals surface area (Å²) >= 11 is 0.